The molecule has 2 heterocycles. The Hall–Kier alpha value is -3.45. The van der Waals surface area contributed by atoms with Crippen LogP contribution in [0.5, 0.6) is 0 Å². The van der Waals surface area contributed by atoms with Crippen molar-refractivity contribution in [2.45, 2.75) is 6.54 Å². The van der Waals surface area contributed by atoms with Crippen LogP contribution in [0.4, 0.5) is 10.1 Å². The lowest BCUT2D eigenvalue weighted by Gasteiger charge is -2.14. The van der Waals surface area contributed by atoms with Gasteiger partial charge in [-0.3, -0.25) is 9.69 Å². The van der Waals surface area contributed by atoms with Gasteiger partial charge < -0.3 is 4.57 Å². The lowest BCUT2D eigenvalue weighted by molar-refractivity contribution is -0.113. The number of amides is 1. The number of carbonyl (C=O) groups is 1. The lowest BCUT2D eigenvalue weighted by atomic mass is 10.1. The lowest BCUT2D eigenvalue weighted by Crippen LogP contribution is -2.27. The number of nitrogens with zero attached hydrogens (tertiary/aromatic N) is 2. The molecule has 36 heavy (non-hydrogen) atoms. The van der Waals surface area contributed by atoms with Gasteiger partial charge in [0.2, 0.25) is 0 Å². The van der Waals surface area contributed by atoms with E-state index in [9.17, 15) is 9.18 Å². The van der Waals surface area contributed by atoms with Crippen LogP contribution in [0.1, 0.15) is 11.1 Å². The number of carbonyl (C=O) groups excluding carboxylic acids is 1. The van der Waals surface area contributed by atoms with Gasteiger partial charge in [0.05, 0.1) is 15.6 Å². The minimum atomic E-state index is -0.541. The molecule has 1 amide bonds. The van der Waals surface area contributed by atoms with Gasteiger partial charge in [0.15, 0.2) is 4.32 Å². The van der Waals surface area contributed by atoms with Crippen molar-refractivity contribution in [3.63, 3.8) is 0 Å². The van der Waals surface area contributed by atoms with Crippen LogP contribution < -0.4 is 4.90 Å². The third-order valence-electron chi connectivity index (χ3n) is 6.23. The highest BCUT2D eigenvalue weighted by molar-refractivity contribution is 8.27. The van der Waals surface area contributed by atoms with Gasteiger partial charge in [-0.15, -0.1) is 0 Å². The van der Waals surface area contributed by atoms with Gasteiger partial charge in [-0.1, -0.05) is 90.2 Å². The van der Waals surface area contributed by atoms with Crippen molar-refractivity contribution in [3.05, 3.63) is 118 Å². The topological polar surface area (TPSA) is 25.2 Å². The molecule has 0 saturated carbocycles. The van der Waals surface area contributed by atoms with Crippen molar-refractivity contribution < 1.29 is 9.18 Å². The molecule has 1 aromatic heterocycles. The van der Waals surface area contributed by atoms with Gasteiger partial charge in [0, 0.05) is 29.2 Å². The Morgan fingerprint density at radius 3 is 2.56 bits per heavy atom. The first-order valence-corrected chi connectivity index (χ1v) is 12.9. The fourth-order valence-corrected chi connectivity index (χ4v) is 5.98. The molecule has 176 valence electrons. The Balaban J connectivity index is 1.36. The molecule has 0 bridgehead atoms. The third-order valence-corrected chi connectivity index (χ3v) is 7.82. The Bertz CT molecular complexity index is 1730. The number of thiocarbonyl (C=S) groups is 1. The van der Waals surface area contributed by atoms with Crippen molar-refractivity contribution in [1.82, 2.24) is 4.57 Å². The van der Waals surface area contributed by atoms with E-state index in [1.54, 1.807) is 0 Å². The smallest absolute Gasteiger partial charge is 0.270 e. The Kier molecular flexibility index (Phi) is 5.88. The molecule has 3 nitrogen and oxygen atoms in total. The zero-order valence-electron chi connectivity index (χ0n) is 18.8. The molecule has 0 atom stereocenters. The van der Waals surface area contributed by atoms with E-state index in [2.05, 4.69) is 53.2 Å². The number of aromatic nitrogens is 1. The number of fused-ring (bicyclic) bond motifs is 2. The SMILES string of the molecule is O=C1/C(=C/c2cn(Cc3ccc4ccccc4c3)c3ccccc23)SC(=S)N1c1ccc(F)c(Cl)c1. The van der Waals surface area contributed by atoms with E-state index in [0.29, 0.717) is 21.5 Å². The number of rotatable bonds is 4. The van der Waals surface area contributed by atoms with E-state index in [-0.39, 0.29) is 10.9 Å². The minimum Gasteiger partial charge on any atom is -0.342 e. The highest BCUT2D eigenvalue weighted by Gasteiger charge is 2.33. The molecule has 1 fully saturated rings. The first-order valence-electron chi connectivity index (χ1n) is 11.3. The predicted molar refractivity (Wildman–Crippen MR) is 152 cm³/mol. The van der Waals surface area contributed by atoms with Crippen molar-refractivity contribution in [3.8, 4) is 0 Å². The monoisotopic (exact) mass is 528 g/mol. The van der Waals surface area contributed by atoms with E-state index < -0.39 is 5.82 Å². The first kappa shape index (κ1) is 23.0. The number of anilines is 1. The molecular weight excluding hydrogens is 511 g/mol. The summed E-state index contributed by atoms with van der Waals surface area (Å²) in [5, 5.41) is 3.41. The number of thioether (sulfide) groups is 1. The molecule has 1 aliphatic rings. The molecule has 7 heteroatoms. The van der Waals surface area contributed by atoms with Crippen LogP contribution >= 0.6 is 35.6 Å². The summed E-state index contributed by atoms with van der Waals surface area (Å²) in [7, 11) is 0. The summed E-state index contributed by atoms with van der Waals surface area (Å²) in [6.07, 6.45) is 3.95. The first-order chi connectivity index (χ1) is 17.5. The number of benzene rings is 4. The van der Waals surface area contributed by atoms with Gasteiger partial charge in [-0.25, -0.2) is 4.39 Å². The maximum atomic E-state index is 13.6. The Morgan fingerprint density at radius 1 is 0.944 bits per heavy atom. The van der Waals surface area contributed by atoms with Gasteiger partial charge in [-0.05, 0) is 52.7 Å². The van der Waals surface area contributed by atoms with Crippen molar-refractivity contribution in [2.24, 2.45) is 0 Å². The second-order valence-electron chi connectivity index (χ2n) is 8.53. The van der Waals surface area contributed by atoms with Crippen LogP contribution in [0.25, 0.3) is 27.8 Å². The highest BCUT2D eigenvalue weighted by Crippen LogP contribution is 2.38. The third kappa shape index (κ3) is 4.11. The van der Waals surface area contributed by atoms with Crippen molar-refractivity contribution in [1.29, 1.82) is 0 Å². The maximum Gasteiger partial charge on any atom is 0.270 e. The van der Waals surface area contributed by atoms with Gasteiger partial charge in [-0.2, -0.15) is 0 Å². The molecule has 0 radical (unpaired) electrons. The van der Waals surface area contributed by atoms with E-state index >= 15 is 0 Å². The van der Waals surface area contributed by atoms with Crippen molar-refractivity contribution >= 4 is 79.2 Å². The molecule has 4 aromatic carbocycles. The van der Waals surface area contributed by atoms with Crippen LogP contribution in [0.15, 0.2) is 96.0 Å². The minimum absolute atomic E-state index is 0.0534. The summed E-state index contributed by atoms with van der Waals surface area (Å²) in [6.45, 7) is 0.703. The fraction of sp³-hybridized carbons (Fsp3) is 0.0345. The largest absolute Gasteiger partial charge is 0.342 e. The predicted octanol–water partition coefficient (Wildman–Crippen LogP) is 8.04. The molecule has 0 spiro atoms. The second-order valence-corrected chi connectivity index (χ2v) is 10.6. The van der Waals surface area contributed by atoms with Crippen LogP contribution in [0.3, 0.4) is 0 Å². The summed E-state index contributed by atoms with van der Waals surface area (Å²) < 4.78 is 16.2. The summed E-state index contributed by atoms with van der Waals surface area (Å²) in [6, 6.07) is 27.1. The zero-order valence-corrected chi connectivity index (χ0v) is 21.2. The molecule has 0 unspecified atom stereocenters. The highest BCUT2D eigenvalue weighted by atomic mass is 35.5. The van der Waals surface area contributed by atoms with Gasteiger partial charge in [0.1, 0.15) is 5.82 Å². The number of hydrogen-bond donors (Lipinski definition) is 0. The van der Waals surface area contributed by atoms with Crippen LogP contribution in [0.2, 0.25) is 5.02 Å². The van der Waals surface area contributed by atoms with Crippen LogP contribution in [-0.2, 0) is 11.3 Å². The molecule has 0 aliphatic carbocycles. The van der Waals surface area contributed by atoms with E-state index in [1.165, 1.54) is 51.2 Å². The average Bonchev–Trinajstić information content (AvgIpc) is 3.37. The summed E-state index contributed by atoms with van der Waals surface area (Å²) in [5.41, 5.74) is 3.66. The quantitative estimate of drug-likeness (QED) is 0.174. The molecule has 6 rings (SSSR count). The number of hydrogen-bond acceptors (Lipinski definition) is 3. The fourth-order valence-electron chi connectivity index (χ4n) is 4.51. The standard InChI is InChI=1S/C29H18ClFN2OS2/c30-24-15-22(11-12-25(24)31)33-28(34)27(36-29(33)35)14-21-17-32(26-8-4-3-7-23(21)26)16-18-9-10-19-5-1-2-6-20(19)13-18/h1-15,17H,16H2/b27-14-. The van der Waals surface area contributed by atoms with E-state index in [4.69, 9.17) is 23.8 Å². The van der Waals surface area contributed by atoms with Gasteiger partial charge in [0.25, 0.3) is 5.91 Å². The van der Waals surface area contributed by atoms with Crippen LogP contribution in [-0.4, -0.2) is 14.8 Å². The summed E-state index contributed by atoms with van der Waals surface area (Å²) >= 11 is 12.6. The zero-order chi connectivity index (χ0) is 24.8. The maximum absolute atomic E-state index is 13.6. The average molecular weight is 529 g/mol. The number of halogens is 2. The molecular formula is C29H18ClFN2OS2. The Labute approximate surface area is 221 Å². The Morgan fingerprint density at radius 2 is 1.72 bits per heavy atom. The molecule has 1 saturated heterocycles. The van der Waals surface area contributed by atoms with Crippen molar-refractivity contribution in [2.75, 3.05) is 4.90 Å². The molecule has 5 aromatic rings. The normalized spacial score (nSPS) is 15.1. The van der Waals surface area contributed by atoms with Gasteiger partial charge >= 0.3 is 0 Å². The molecule has 0 N–H and O–H groups in total. The van der Waals surface area contributed by atoms with E-state index in [1.807, 2.05) is 30.3 Å². The van der Waals surface area contributed by atoms with Crippen LogP contribution in [0, 0.1) is 5.82 Å². The number of para-hydroxylation sites is 1. The second kappa shape index (κ2) is 9.21. The summed E-state index contributed by atoms with van der Waals surface area (Å²) in [5.74, 6) is -0.792. The van der Waals surface area contributed by atoms with E-state index in [0.717, 1.165) is 16.5 Å². The summed E-state index contributed by atoms with van der Waals surface area (Å²) in [4.78, 5) is 15.2. The molecule has 1 aliphatic heterocycles.